The van der Waals surface area contributed by atoms with Crippen molar-refractivity contribution in [1.82, 2.24) is 10.2 Å². The van der Waals surface area contributed by atoms with Crippen LogP contribution in [0.25, 0.3) is 0 Å². The third-order valence-electron chi connectivity index (χ3n) is 2.43. The van der Waals surface area contributed by atoms with Crippen molar-refractivity contribution in [3.8, 4) is 0 Å². The molecule has 0 unspecified atom stereocenters. The monoisotopic (exact) mass is 302 g/mol. The predicted octanol–water partition coefficient (Wildman–Crippen LogP) is 2.27. The minimum Gasteiger partial charge on any atom is -0.342 e. The lowest BCUT2D eigenvalue weighted by Crippen LogP contribution is -2.29. The van der Waals surface area contributed by atoms with Crippen LogP contribution in [0, 0.1) is 5.82 Å². The third-order valence-corrected chi connectivity index (χ3v) is 3.08. The minimum atomic E-state index is -0.355. The molecule has 17 heavy (non-hydrogen) atoms. The smallest absolute Gasteiger partial charge is 0.254 e. The summed E-state index contributed by atoms with van der Waals surface area (Å²) in [6.07, 6.45) is 0.886. The van der Waals surface area contributed by atoms with E-state index < -0.39 is 0 Å². The number of amides is 1. The van der Waals surface area contributed by atoms with Gasteiger partial charge in [-0.05, 0) is 54.1 Å². The van der Waals surface area contributed by atoms with Crippen LogP contribution < -0.4 is 5.32 Å². The Morgan fingerprint density at radius 2 is 2.24 bits per heavy atom. The average Bonchev–Trinajstić information content (AvgIpc) is 2.28. The molecular formula is C12H16BrFN2O. The largest absolute Gasteiger partial charge is 0.342 e. The van der Waals surface area contributed by atoms with Gasteiger partial charge in [-0.3, -0.25) is 4.79 Å². The summed E-state index contributed by atoms with van der Waals surface area (Å²) in [6.45, 7) is 1.53. The van der Waals surface area contributed by atoms with Crippen LogP contribution in [-0.2, 0) is 0 Å². The Balaban J connectivity index is 2.68. The molecule has 0 aliphatic rings. The highest BCUT2D eigenvalue weighted by Gasteiger charge is 2.14. The molecule has 0 radical (unpaired) electrons. The quantitative estimate of drug-likeness (QED) is 0.846. The molecule has 1 N–H and O–H groups in total. The molecule has 1 aromatic rings. The van der Waals surface area contributed by atoms with Crippen molar-refractivity contribution in [3.63, 3.8) is 0 Å². The summed E-state index contributed by atoms with van der Waals surface area (Å²) >= 11 is 3.20. The van der Waals surface area contributed by atoms with E-state index in [0.29, 0.717) is 16.6 Å². The lowest BCUT2D eigenvalue weighted by molar-refractivity contribution is 0.0793. The number of benzene rings is 1. The topological polar surface area (TPSA) is 32.3 Å². The zero-order valence-corrected chi connectivity index (χ0v) is 11.6. The van der Waals surface area contributed by atoms with Gasteiger partial charge in [0.2, 0.25) is 0 Å². The summed E-state index contributed by atoms with van der Waals surface area (Å²) in [6, 6.07) is 4.09. The SMILES string of the molecule is CNCCCN(C)C(=O)c1ccc(F)cc1Br. The first kappa shape index (κ1) is 14.1. The lowest BCUT2D eigenvalue weighted by Gasteiger charge is -2.17. The van der Waals surface area contributed by atoms with Crippen molar-refractivity contribution < 1.29 is 9.18 Å². The summed E-state index contributed by atoms with van der Waals surface area (Å²) in [7, 11) is 3.62. The molecule has 1 aromatic carbocycles. The van der Waals surface area contributed by atoms with Gasteiger partial charge in [-0.15, -0.1) is 0 Å². The zero-order chi connectivity index (χ0) is 12.8. The Labute approximate surface area is 109 Å². The highest BCUT2D eigenvalue weighted by Crippen LogP contribution is 2.19. The highest BCUT2D eigenvalue weighted by molar-refractivity contribution is 9.10. The Kier molecular flexibility index (Phi) is 5.58. The number of hydrogen-bond donors (Lipinski definition) is 1. The van der Waals surface area contributed by atoms with E-state index in [-0.39, 0.29) is 11.7 Å². The van der Waals surface area contributed by atoms with Crippen molar-refractivity contribution in [2.24, 2.45) is 0 Å². The molecule has 0 saturated heterocycles. The fourth-order valence-electron chi connectivity index (χ4n) is 1.46. The number of hydrogen-bond acceptors (Lipinski definition) is 2. The summed E-state index contributed by atoms with van der Waals surface area (Å²) in [4.78, 5) is 13.7. The standard InChI is InChI=1S/C12H16BrFN2O/c1-15-6-3-7-16(2)12(17)10-5-4-9(14)8-11(10)13/h4-5,8,15H,3,6-7H2,1-2H3. The van der Waals surface area contributed by atoms with Gasteiger partial charge in [0.15, 0.2) is 0 Å². The molecule has 0 bridgehead atoms. The molecule has 94 valence electrons. The Morgan fingerprint density at radius 3 is 2.82 bits per heavy atom. The lowest BCUT2D eigenvalue weighted by atomic mass is 10.2. The van der Waals surface area contributed by atoms with Crippen LogP contribution in [0.4, 0.5) is 4.39 Å². The molecule has 0 atom stereocenters. The fraction of sp³-hybridized carbons (Fsp3) is 0.417. The van der Waals surface area contributed by atoms with Gasteiger partial charge in [0.25, 0.3) is 5.91 Å². The van der Waals surface area contributed by atoms with Gasteiger partial charge in [0, 0.05) is 18.1 Å². The maximum Gasteiger partial charge on any atom is 0.254 e. The van der Waals surface area contributed by atoms with Crippen molar-refractivity contribution in [1.29, 1.82) is 0 Å². The van der Waals surface area contributed by atoms with E-state index in [1.165, 1.54) is 18.2 Å². The van der Waals surface area contributed by atoms with E-state index in [1.807, 2.05) is 7.05 Å². The second-order valence-electron chi connectivity index (χ2n) is 3.81. The molecule has 1 amide bonds. The molecule has 0 aliphatic carbocycles. The summed E-state index contributed by atoms with van der Waals surface area (Å²) < 4.78 is 13.4. The van der Waals surface area contributed by atoms with Crippen LogP contribution in [0.3, 0.4) is 0 Å². The number of carbonyl (C=O) groups is 1. The maximum atomic E-state index is 12.9. The zero-order valence-electron chi connectivity index (χ0n) is 9.96. The van der Waals surface area contributed by atoms with E-state index in [0.717, 1.165) is 13.0 Å². The van der Waals surface area contributed by atoms with E-state index in [2.05, 4.69) is 21.2 Å². The molecule has 1 rings (SSSR count). The van der Waals surface area contributed by atoms with Crippen LogP contribution in [0.2, 0.25) is 0 Å². The van der Waals surface area contributed by atoms with Gasteiger partial charge in [-0.25, -0.2) is 4.39 Å². The second kappa shape index (κ2) is 6.71. The molecule has 0 aromatic heterocycles. The first-order valence-electron chi connectivity index (χ1n) is 5.41. The summed E-state index contributed by atoms with van der Waals surface area (Å²) in [5, 5.41) is 3.02. The van der Waals surface area contributed by atoms with Gasteiger partial charge in [0.1, 0.15) is 5.82 Å². The average molecular weight is 303 g/mol. The fourth-order valence-corrected chi connectivity index (χ4v) is 1.98. The summed E-state index contributed by atoms with van der Waals surface area (Å²) in [5.74, 6) is -0.459. The first-order valence-corrected chi connectivity index (χ1v) is 6.20. The van der Waals surface area contributed by atoms with Crippen LogP contribution in [0.5, 0.6) is 0 Å². The van der Waals surface area contributed by atoms with Crippen molar-refractivity contribution >= 4 is 21.8 Å². The minimum absolute atomic E-state index is 0.104. The van der Waals surface area contributed by atoms with Crippen molar-refractivity contribution in [2.45, 2.75) is 6.42 Å². The number of nitrogens with zero attached hydrogens (tertiary/aromatic N) is 1. The molecule has 0 heterocycles. The molecule has 0 fully saturated rings. The van der Waals surface area contributed by atoms with Gasteiger partial charge in [0.05, 0.1) is 5.56 Å². The third kappa shape index (κ3) is 4.09. The number of nitrogens with one attached hydrogen (secondary N) is 1. The van der Waals surface area contributed by atoms with E-state index >= 15 is 0 Å². The van der Waals surface area contributed by atoms with Gasteiger partial charge >= 0.3 is 0 Å². The van der Waals surface area contributed by atoms with Crippen LogP contribution in [-0.4, -0.2) is 38.0 Å². The van der Waals surface area contributed by atoms with E-state index in [1.54, 1.807) is 11.9 Å². The molecule has 3 nitrogen and oxygen atoms in total. The molecule has 0 aliphatic heterocycles. The Bertz CT molecular complexity index is 398. The van der Waals surface area contributed by atoms with E-state index in [4.69, 9.17) is 0 Å². The molecule has 5 heteroatoms. The maximum absolute atomic E-state index is 12.9. The normalized spacial score (nSPS) is 10.4. The summed E-state index contributed by atoms with van der Waals surface area (Å²) in [5.41, 5.74) is 0.485. The Morgan fingerprint density at radius 1 is 1.53 bits per heavy atom. The molecule has 0 saturated carbocycles. The van der Waals surface area contributed by atoms with E-state index in [9.17, 15) is 9.18 Å². The van der Waals surface area contributed by atoms with Crippen LogP contribution in [0.15, 0.2) is 22.7 Å². The highest BCUT2D eigenvalue weighted by atomic mass is 79.9. The molecular weight excluding hydrogens is 287 g/mol. The van der Waals surface area contributed by atoms with Gasteiger partial charge < -0.3 is 10.2 Å². The number of rotatable bonds is 5. The number of carbonyl (C=O) groups excluding carboxylic acids is 1. The van der Waals surface area contributed by atoms with Crippen molar-refractivity contribution in [2.75, 3.05) is 27.2 Å². The van der Waals surface area contributed by atoms with Gasteiger partial charge in [-0.1, -0.05) is 0 Å². The van der Waals surface area contributed by atoms with Crippen LogP contribution in [0.1, 0.15) is 16.8 Å². The first-order chi connectivity index (χ1) is 8.06. The second-order valence-corrected chi connectivity index (χ2v) is 4.66. The predicted molar refractivity (Wildman–Crippen MR) is 69.6 cm³/mol. The Hall–Kier alpha value is -0.940. The van der Waals surface area contributed by atoms with Crippen molar-refractivity contribution in [3.05, 3.63) is 34.1 Å². The van der Waals surface area contributed by atoms with Gasteiger partial charge in [-0.2, -0.15) is 0 Å². The van der Waals surface area contributed by atoms with Crippen LogP contribution >= 0.6 is 15.9 Å². The number of halogens is 2. The molecule has 0 spiro atoms.